The van der Waals surface area contributed by atoms with Gasteiger partial charge in [0.15, 0.2) is 0 Å². The molecule has 2 aromatic carbocycles. The highest BCUT2D eigenvalue weighted by atomic mass is 16.6. The number of fused-ring (bicyclic) bond motifs is 3. The van der Waals surface area contributed by atoms with E-state index in [0.717, 1.165) is 11.1 Å². The molecule has 1 spiro atoms. The molecule has 2 saturated heterocycles. The van der Waals surface area contributed by atoms with Crippen LogP contribution in [0.2, 0.25) is 0 Å². The van der Waals surface area contributed by atoms with Gasteiger partial charge in [-0.3, -0.25) is 19.2 Å². The molecule has 1 aromatic heterocycles. The summed E-state index contributed by atoms with van der Waals surface area (Å²) in [7, 11) is 0. The summed E-state index contributed by atoms with van der Waals surface area (Å²) in [4.78, 5) is 58.9. The lowest BCUT2D eigenvalue weighted by Gasteiger charge is -2.38. The monoisotopic (exact) mass is 654 g/mol. The minimum Gasteiger partial charge on any atom is -0.460 e. The van der Waals surface area contributed by atoms with E-state index in [0.29, 0.717) is 11.9 Å². The highest BCUT2D eigenvalue weighted by Crippen LogP contribution is 2.53. The van der Waals surface area contributed by atoms with Crippen molar-refractivity contribution in [1.82, 2.24) is 30.1 Å². The van der Waals surface area contributed by atoms with E-state index >= 15 is 0 Å². The van der Waals surface area contributed by atoms with Crippen molar-refractivity contribution in [2.24, 2.45) is 11.8 Å². The molecule has 2 N–H and O–H groups in total. The zero-order chi connectivity index (χ0) is 33.4. The number of nitrogens with one attached hydrogen (secondary N) is 1. The van der Waals surface area contributed by atoms with Gasteiger partial charge in [0.05, 0.1) is 36.7 Å². The van der Waals surface area contributed by atoms with Crippen LogP contribution >= 0.6 is 0 Å². The van der Waals surface area contributed by atoms with Crippen molar-refractivity contribution in [3.05, 3.63) is 84.5 Å². The molecule has 250 valence electrons. The second-order valence-electron chi connectivity index (χ2n) is 12.8. The van der Waals surface area contributed by atoms with Gasteiger partial charge in [0.1, 0.15) is 35.9 Å². The molecule has 3 aromatic rings. The number of carbonyl (C=O) groups excluding carboxylic acids is 4. The summed E-state index contributed by atoms with van der Waals surface area (Å²) in [6.07, 6.45) is 6.37. The highest BCUT2D eigenvalue weighted by molar-refractivity contribution is 5.99. The Morgan fingerprint density at radius 2 is 1.83 bits per heavy atom. The van der Waals surface area contributed by atoms with Crippen LogP contribution in [-0.4, -0.2) is 103 Å². The number of hydrogen-bond acceptors (Lipinski definition) is 9. The number of allylic oxidation sites excluding steroid dienone is 1. The van der Waals surface area contributed by atoms with E-state index < -0.39 is 66.1 Å². The van der Waals surface area contributed by atoms with Crippen molar-refractivity contribution >= 4 is 34.7 Å². The van der Waals surface area contributed by atoms with Gasteiger partial charge in [0.2, 0.25) is 11.8 Å². The normalized spacial score (nSPS) is 30.4. The Labute approximate surface area is 277 Å². The van der Waals surface area contributed by atoms with Crippen LogP contribution in [0.25, 0.3) is 11.0 Å². The number of amides is 3. The first kappa shape index (κ1) is 31.7. The third-order valence-corrected chi connectivity index (χ3v) is 9.70. The SMILES string of the molecule is C[C@H]1CNC(=O)CC/C=C\[C@@H]2O[C@@]34C=CCN(Cn5nnc6ccccc65)C(=O)[C@@H]3N([C@@H](CO)Cc3ccccc3)C(=O)[C@H]4[C@@H]2C(=O)O1. The molecule has 3 amide bonds. The predicted molar refractivity (Wildman–Crippen MR) is 172 cm³/mol. The predicted octanol–water partition coefficient (Wildman–Crippen LogP) is 1.37. The van der Waals surface area contributed by atoms with Gasteiger partial charge in [-0.15, -0.1) is 5.10 Å². The molecule has 13 heteroatoms. The molecule has 7 rings (SSSR count). The fourth-order valence-electron chi connectivity index (χ4n) is 7.49. The molecule has 13 nitrogen and oxygen atoms in total. The lowest BCUT2D eigenvalue weighted by Crippen LogP contribution is -2.58. The Morgan fingerprint density at radius 3 is 2.65 bits per heavy atom. The Balaban J connectivity index is 1.31. The van der Waals surface area contributed by atoms with Crippen LogP contribution in [0.3, 0.4) is 0 Å². The van der Waals surface area contributed by atoms with E-state index in [1.54, 1.807) is 40.8 Å². The van der Waals surface area contributed by atoms with E-state index in [4.69, 9.17) is 9.47 Å². The van der Waals surface area contributed by atoms with Gasteiger partial charge in [-0.25, -0.2) is 4.68 Å². The first-order valence-corrected chi connectivity index (χ1v) is 16.3. The number of nitrogens with zero attached hydrogens (tertiary/aromatic N) is 5. The number of esters is 1. The third kappa shape index (κ3) is 5.56. The number of aliphatic hydroxyl groups excluding tert-OH is 1. The summed E-state index contributed by atoms with van der Waals surface area (Å²) in [6, 6.07) is 14.9. The van der Waals surface area contributed by atoms with Gasteiger partial charge < -0.3 is 29.7 Å². The number of aliphatic hydroxyl groups is 1. The van der Waals surface area contributed by atoms with Crippen molar-refractivity contribution in [3.63, 3.8) is 0 Å². The molecule has 5 heterocycles. The number of carbonyl (C=O) groups is 4. The van der Waals surface area contributed by atoms with E-state index in [-0.39, 0.29) is 38.5 Å². The second-order valence-corrected chi connectivity index (χ2v) is 12.8. The number of ether oxygens (including phenoxy) is 2. The number of aromatic nitrogens is 3. The smallest absolute Gasteiger partial charge is 0.313 e. The summed E-state index contributed by atoms with van der Waals surface area (Å²) in [5.41, 5.74) is 0.763. The number of likely N-dealkylation sites (tertiary alicyclic amines) is 1. The molecule has 4 aliphatic rings. The Hall–Kier alpha value is -4.88. The van der Waals surface area contributed by atoms with Crippen LogP contribution < -0.4 is 5.32 Å². The van der Waals surface area contributed by atoms with E-state index in [1.807, 2.05) is 54.6 Å². The molecule has 7 atom stereocenters. The largest absolute Gasteiger partial charge is 0.460 e. The van der Waals surface area contributed by atoms with Crippen molar-refractivity contribution in [1.29, 1.82) is 0 Å². The van der Waals surface area contributed by atoms with Crippen molar-refractivity contribution in [2.45, 2.75) is 62.7 Å². The standard InChI is InChI=1S/C35H38N6O7/c1-22-19-36-28(43)15-8-7-14-27-29(34(46)47-22)30-32(44)41(24(20-42)18-23-10-3-2-4-11-23)31-33(45)39(17-9-16-35(30,31)48-27)21-40-26-13-6-5-12-25(26)37-38-40/h2-7,9-14,16,22,24,27,29-31,42H,8,15,17-21H2,1H3,(H,36,43)/b14-7-/t22-,24+,27-,29+,30+,31-,35+/m0/s1. The fraction of sp³-hybridized carbons (Fsp3) is 0.429. The molecule has 48 heavy (non-hydrogen) atoms. The topological polar surface area (TPSA) is 156 Å². The molecular formula is C35H38N6O7. The van der Waals surface area contributed by atoms with Gasteiger partial charge in [-0.05, 0) is 37.5 Å². The van der Waals surface area contributed by atoms with Crippen LogP contribution in [0.15, 0.2) is 78.9 Å². The maximum Gasteiger partial charge on any atom is 0.313 e. The molecule has 2 fully saturated rings. The van der Waals surface area contributed by atoms with E-state index in [9.17, 15) is 24.3 Å². The zero-order valence-electron chi connectivity index (χ0n) is 26.6. The Bertz CT molecular complexity index is 1770. The average molecular weight is 655 g/mol. The zero-order valence-corrected chi connectivity index (χ0v) is 26.6. The van der Waals surface area contributed by atoms with Gasteiger partial charge in [0, 0.05) is 13.0 Å². The molecule has 0 unspecified atom stereocenters. The summed E-state index contributed by atoms with van der Waals surface area (Å²) in [5, 5.41) is 22.1. The lowest BCUT2D eigenvalue weighted by molar-refractivity contribution is -0.159. The maximum absolute atomic E-state index is 14.9. The Morgan fingerprint density at radius 1 is 1.04 bits per heavy atom. The first-order chi connectivity index (χ1) is 23.3. The van der Waals surface area contributed by atoms with E-state index in [2.05, 4.69) is 15.6 Å². The second kappa shape index (κ2) is 13.0. The lowest BCUT2D eigenvalue weighted by atomic mass is 9.78. The van der Waals surface area contributed by atoms with Crippen LogP contribution in [0.1, 0.15) is 25.3 Å². The molecule has 0 saturated carbocycles. The average Bonchev–Trinajstić information content (AvgIpc) is 3.69. The number of benzene rings is 2. The summed E-state index contributed by atoms with van der Waals surface area (Å²) < 4.78 is 14.2. The number of rotatable bonds is 6. The van der Waals surface area contributed by atoms with Crippen LogP contribution in [0, 0.1) is 11.8 Å². The van der Waals surface area contributed by atoms with Gasteiger partial charge in [-0.1, -0.05) is 72.0 Å². The van der Waals surface area contributed by atoms with Crippen molar-refractivity contribution in [3.8, 4) is 0 Å². The summed E-state index contributed by atoms with van der Waals surface area (Å²) in [6.45, 7) is 1.62. The van der Waals surface area contributed by atoms with E-state index in [1.165, 1.54) is 4.90 Å². The van der Waals surface area contributed by atoms with Gasteiger partial charge in [-0.2, -0.15) is 0 Å². The number of para-hydroxylation sites is 1. The summed E-state index contributed by atoms with van der Waals surface area (Å²) in [5.74, 6) is -3.86. The van der Waals surface area contributed by atoms with Crippen LogP contribution in [-0.2, 0) is 41.7 Å². The van der Waals surface area contributed by atoms with Crippen LogP contribution in [0.5, 0.6) is 0 Å². The molecule has 0 bridgehead atoms. The first-order valence-electron chi connectivity index (χ1n) is 16.3. The van der Waals surface area contributed by atoms with Crippen LogP contribution in [0.4, 0.5) is 0 Å². The third-order valence-electron chi connectivity index (χ3n) is 9.70. The quantitative estimate of drug-likeness (QED) is 0.296. The summed E-state index contributed by atoms with van der Waals surface area (Å²) >= 11 is 0. The van der Waals surface area contributed by atoms with Gasteiger partial charge >= 0.3 is 5.97 Å². The minimum atomic E-state index is -1.53. The fourth-order valence-corrected chi connectivity index (χ4v) is 7.49. The number of cyclic esters (lactones) is 1. The molecule has 0 radical (unpaired) electrons. The Kier molecular flexibility index (Phi) is 8.56. The number of hydrogen-bond donors (Lipinski definition) is 2. The van der Waals surface area contributed by atoms with Crippen molar-refractivity contribution < 1.29 is 33.8 Å². The maximum atomic E-state index is 14.9. The molecular weight excluding hydrogens is 616 g/mol. The highest BCUT2D eigenvalue weighted by Gasteiger charge is 2.72. The van der Waals surface area contributed by atoms with Crippen molar-refractivity contribution in [2.75, 3.05) is 19.7 Å². The molecule has 4 aliphatic heterocycles. The minimum absolute atomic E-state index is 0.0544. The van der Waals surface area contributed by atoms with Gasteiger partial charge in [0.25, 0.3) is 5.91 Å². The molecule has 0 aliphatic carbocycles.